The molecule has 1 aliphatic heterocycles. The van der Waals surface area contributed by atoms with E-state index in [4.69, 9.17) is 0 Å². The minimum atomic E-state index is -0.883. The Morgan fingerprint density at radius 1 is 1.07 bits per heavy atom. The Hall–Kier alpha value is -2.34. The Labute approximate surface area is 176 Å². The summed E-state index contributed by atoms with van der Waals surface area (Å²) >= 11 is 0. The highest BCUT2D eigenvalue weighted by atomic mass is 19.2. The van der Waals surface area contributed by atoms with Crippen LogP contribution in [0, 0.1) is 23.4 Å². The van der Waals surface area contributed by atoms with Gasteiger partial charge in [0.05, 0.1) is 0 Å². The number of halogens is 3. The first-order chi connectivity index (χ1) is 14.4. The van der Waals surface area contributed by atoms with Crippen LogP contribution in [0.3, 0.4) is 0 Å². The van der Waals surface area contributed by atoms with Crippen molar-refractivity contribution in [3.8, 4) is 0 Å². The van der Waals surface area contributed by atoms with Gasteiger partial charge in [0.1, 0.15) is 5.82 Å². The lowest BCUT2D eigenvalue weighted by atomic mass is 9.96. The second kappa shape index (κ2) is 10.6. The van der Waals surface area contributed by atoms with E-state index in [0.29, 0.717) is 30.9 Å². The molecular weight excluding hydrogens is 389 g/mol. The summed E-state index contributed by atoms with van der Waals surface area (Å²) in [5.74, 6) is -1.53. The fourth-order valence-corrected chi connectivity index (χ4v) is 4.11. The summed E-state index contributed by atoms with van der Waals surface area (Å²) in [5, 5.41) is 0. The molecule has 0 bridgehead atoms. The van der Waals surface area contributed by atoms with Crippen molar-refractivity contribution in [1.29, 1.82) is 0 Å². The Morgan fingerprint density at radius 2 is 1.87 bits per heavy atom. The Kier molecular flexibility index (Phi) is 7.91. The zero-order chi connectivity index (χ0) is 21.5. The standard InChI is InChI=1S/C24H29F3N2O/c1-28(24(30)11-9-18-8-10-22(26)23(27)15-18)16-19-5-4-13-29(17-19)14-12-20-6-2-3-7-21(20)25/h2-3,6-8,10,15,19H,4-5,9,11-14,16-17H2,1H3/t19-/m0/s1. The Balaban J connectivity index is 1.43. The zero-order valence-corrected chi connectivity index (χ0v) is 17.4. The van der Waals surface area contributed by atoms with Gasteiger partial charge in [-0.15, -0.1) is 0 Å². The highest BCUT2D eigenvalue weighted by Gasteiger charge is 2.22. The summed E-state index contributed by atoms with van der Waals surface area (Å²) in [6, 6.07) is 10.6. The molecule has 1 amide bonds. The van der Waals surface area contributed by atoms with Crippen LogP contribution < -0.4 is 0 Å². The number of rotatable bonds is 8. The summed E-state index contributed by atoms with van der Waals surface area (Å²) in [6.45, 7) is 3.38. The molecule has 0 N–H and O–H groups in total. The summed E-state index contributed by atoms with van der Waals surface area (Å²) in [5.41, 5.74) is 1.36. The van der Waals surface area contributed by atoms with Crippen LogP contribution in [0.25, 0.3) is 0 Å². The number of aryl methyl sites for hydroxylation is 1. The van der Waals surface area contributed by atoms with Crippen molar-refractivity contribution >= 4 is 5.91 Å². The third-order valence-corrected chi connectivity index (χ3v) is 5.83. The van der Waals surface area contributed by atoms with Gasteiger partial charge in [-0.1, -0.05) is 24.3 Å². The van der Waals surface area contributed by atoms with Crippen LogP contribution >= 0.6 is 0 Å². The van der Waals surface area contributed by atoms with Crippen molar-refractivity contribution in [3.05, 3.63) is 71.0 Å². The Morgan fingerprint density at radius 3 is 2.63 bits per heavy atom. The molecule has 0 saturated carbocycles. The van der Waals surface area contributed by atoms with Crippen molar-refractivity contribution in [2.24, 2.45) is 5.92 Å². The first kappa shape index (κ1) is 22.3. The van der Waals surface area contributed by atoms with Crippen LogP contribution in [-0.2, 0) is 17.6 Å². The van der Waals surface area contributed by atoms with Gasteiger partial charge < -0.3 is 9.80 Å². The second-order valence-electron chi connectivity index (χ2n) is 8.17. The van der Waals surface area contributed by atoms with Crippen molar-refractivity contribution in [2.45, 2.75) is 32.1 Å². The van der Waals surface area contributed by atoms with Crippen LogP contribution in [0.5, 0.6) is 0 Å². The highest BCUT2D eigenvalue weighted by molar-refractivity contribution is 5.76. The van der Waals surface area contributed by atoms with Gasteiger partial charge in [-0.05, 0) is 67.5 Å². The maximum Gasteiger partial charge on any atom is 0.222 e. The number of hydrogen-bond acceptors (Lipinski definition) is 2. The van der Waals surface area contributed by atoms with Crippen molar-refractivity contribution < 1.29 is 18.0 Å². The van der Waals surface area contributed by atoms with Gasteiger partial charge in [0.15, 0.2) is 11.6 Å². The number of nitrogens with zero attached hydrogens (tertiary/aromatic N) is 2. The first-order valence-electron chi connectivity index (χ1n) is 10.6. The van der Waals surface area contributed by atoms with Crippen molar-refractivity contribution in [3.63, 3.8) is 0 Å². The average molecular weight is 419 g/mol. The number of carbonyl (C=O) groups excluding carboxylic acids is 1. The normalized spacial score (nSPS) is 17.1. The molecule has 3 rings (SSSR count). The molecule has 0 spiro atoms. The van der Waals surface area contributed by atoms with E-state index >= 15 is 0 Å². The summed E-state index contributed by atoms with van der Waals surface area (Å²) in [6.07, 6.45) is 3.48. The lowest BCUT2D eigenvalue weighted by molar-refractivity contribution is -0.130. The van der Waals surface area contributed by atoms with Gasteiger partial charge in [0.2, 0.25) is 5.91 Å². The van der Waals surface area contributed by atoms with Crippen LogP contribution in [0.15, 0.2) is 42.5 Å². The smallest absolute Gasteiger partial charge is 0.222 e. The molecule has 6 heteroatoms. The molecule has 0 unspecified atom stereocenters. The molecule has 0 aromatic heterocycles. The molecule has 2 aromatic carbocycles. The second-order valence-corrected chi connectivity index (χ2v) is 8.17. The van der Waals surface area contributed by atoms with E-state index in [-0.39, 0.29) is 18.1 Å². The molecule has 3 nitrogen and oxygen atoms in total. The third kappa shape index (κ3) is 6.33. The van der Waals surface area contributed by atoms with Crippen molar-refractivity contribution in [2.75, 3.05) is 33.2 Å². The minimum Gasteiger partial charge on any atom is -0.345 e. The average Bonchev–Trinajstić information content (AvgIpc) is 2.74. The quantitative estimate of drug-likeness (QED) is 0.632. The van der Waals surface area contributed by atoms with Gasteiger partial charge in [0.25, 0.3) is 0 Å². The van der Waals surface area contributed by atoms with Gasteiger partial charge in [0, 0.05) is 33.1 Å². The van der Waals surface area contributed by atoms with E-state index in [9.17, 15) is 18.0 Å². The van der Waals surface area contributed by atoms with E-state index in [1.807, 2.05) is 12.1 Å². The molecule has 1 heterocycles. The number of hydrogen-bond donors (Lipinski definition) is 0. The van der Waals surface area contributed by atoms with Crippen molar-refractivity contribution in [1.82, 2.24) is 9.80 Å². The highest BCUT2D eigenvalue weighted by Crippen LogP contribution is 2.19. The lowest BCUT2D eigenvalue weighted by Crippen LogP contribution is -2.42. The van der Waals surface area contributed by atoms with E-state index in [1.165, 1.54) is 12.1 Å². The maximum absolute atomic E-state index is 13.8. The van der Waals surface area contributed by atoms with E-state index in [0.717, 1.165) is 50.2 Å². The predicted octanol–water partition coefficient (Wildman–Crippen LogP) is 4.45. The van der Waals surface area contributed by atoms with Crippen LogP contribution in [0.2, 0.25) is 0 Å². The van der Waals surface area contributed by atoms with Gasteiger partial charge >= 0.3 is 0 Å². The number of likely N-dealkylation sites (tertiary alicyclic amines) is 1. The summed E-state index contributed by atoms with van der Waals surface area (Å²) in [7, 11) is 1.80. The molecule has 162 valence electrons. The van der Waals surface area contributed by atoms with Crippen LogP contribution in [-0.4, -0.2) is 48.9 Å². The fraction of sp³-hybridized carbons (Fsp3) is 0.458. The predicted molar refractivity (Wildman–Crippen MR) is 112 cm³/mol. The van der Waals surface area contributed by atoms with Crippen LogP contribution in [0.1, 0.15) is 30.4 Å². The first-order valence-corrected chi connectivity index (χ1v) is 10.6. The molecular formula is C24H29F3N2O. The number of amides is 1. The van der Waals surface area contributed by atoms with Gasteiger partial charge in [-0.3, -0.25) is 4.79 Å². The molecule has 2 aromatic rings. The summed E-state index contributed by atoms with van der Waals surface area (Å²) in [4.78, 5) is 16.6. The third-order valence-electron chi connectivity index (χ3n) is 5.83. The molecule has 30 heavy (non-hydrogen) atoms. The fourth-order valence-electron chi connectivity index (χ4n) is 4.11. The molecule has 1 aliphatic rings. The van der Waals surface area contributed by atoms with E-state index in [2.05, 4.69) is 4.90 Å². The van der Waals surface area contributed by atoms with Gasteiger partial charge in [-0.2, -0.15) is 0 Å². The van der Waals surface area contributed by atoms with Crippen LogP contribution in [0.4, 0.5) is 13.2 Å². The topological polar surface area (TPSA) is 23.6 Å². The molecule has 1 fully saturated rings. The lowest BCUT2D eigenvalue weighted by Gasteiger charge is -2.34. The molecule has 1 saturated heterocycles. The maximum atomic E-state index is 13.8. The minimum absolute atomic E-state index is 0.00298. The monoisotopic (exact) mass is 418 g/mol. The molecule has 0 aliphatic carbocycles. The Bertz CT molecular complexity index is 858. The largest absolute Gasteiger partial charge is 0.345 e. The van der Waals surface area contributed by atoms with E-state index < -0.39 is 11.6 Å². The van der Waals surface area contributed by atoms with Gasteiger partial charge in [-0.25, -0.2) is 13.2 Å². The number of carbonyl (C=O) groups is 1. The zero-order valence-electron chi connectivity index (χ0n) is 17.4. The number of benzene rings is 2. The number of piperidine rings is 1. The van der Waals surface area contributed by atoms with E-state index in [1.54, 1.807) is 18.0 Å². The molecule has 1 atom stereocenters. The molecule has 0 radical (unpaired) electrons. The SMILES string of the molecule is CN(C[C@@H]1CCCN(CCc2ccccc2F)C1)C(=O)CCc1ccc(F)c(F)c1. The summed E-state index contributed by atoms with van der Waals surface area (Å²) < 4.78 is 40.1.